The van der Waals surface area contributed by atoms with Gasteiger partial charge < -0.3 is 28.4 Å². The van der Waals surface area contributed by atoms with Gasteiger partial charge in [-0.05, 0) is 186 Å². The zero-order valence-corrected chi connectivity index (χ0v) is 41.2. The van der Waals surface area contributed by atoms with Crippen molar-refractivity contribution in [3.8, 4) is 47.5 Å². The molecule has 0 bridgehead atoms. The number of terminal acetylenes is 1. The number of rotatable bonds is 15. The Kier molecular flexibility index (Phi) is 18.9. The van der Waals surface area contributed by atoms with Crippen LogP contribution in [0, 0.1) is 59.7 Å². The van der Waals surface area contributed by atoms with Crippen LogP contribution in [-0.4, -0.2) is 54.8 Å². The summed E-state index contributed by atoms with van der Waals surface area (Å²) in [6.45, 7) is 5.28. The van der Waals surface area contributed by atoms with Crippen molar-refractivity contribution in [2.45, 2.75) is 108 Å². The van der Waals surface area contributed by atoms with Gasteiger partial charge in [-0.1, -0.05) is 55.7 Å². The average Bonchev–Trinajstić information content (AvgIpc) is 3.43. The third-order valence-corrected chi connectivity index (χ3v) is 13.8. The summed E-state index contributed by atoms with van der Waals surface area (Å²) >= 11 is 0. The molecule has 7 rings (SSSR count). The molecule has 3 fully saturated rings. The molecule has 0 radical (unpaired) electrons. The van der Waals surface area contributed by atoms with E-state index in [2.05, 4.69) is 36.2 Å². The molecule has 0 amide bonds. The van der Waals surface area contributed by atoms with E-state index in [1.54, 1.807) is 36.4 Å². The Morgan fingerprint density at radius 2 is 1.03 bits per heavy atom. The molecule has 0 spiro atoms. The smallest absolute Gasteiger partial charge is 0.339 e. The molecule has 3 aliphatic rings. The first-order chi connectivity index (χ1) is 35.4. The van der Waals surface area contributed by atoms with Crippen LogP contribution >= 0.6 is 0 Å². The summed E-state index contributed by atoms with van der Waals surface area (Å²) in [5.41, 5.74) is 3.41. The maximum atomic E-state index is 13.9. The summed E-state index contributed by atoms with van der Waals surface area (Å²) in [6.07, 6.45) is 14.5. The fraction of sp³-hybridized carbons (Fsp3) is 0.377. The lowest BCUT2D eigenvalue weighted by Gasteiger charge is -2.36. The number of carbonyl (C=O) groups excluding carboxylic acids is 6. The number of esters is 6. The van der Waals surface area contributed by atoms with Crippen LogP contribution in [0.4, 0.5) is 0 Å². The van der Waals surface area contributed by atoms with Crippen LogP contribution in [0.15, 0.2) is 110 Å². The van der Waals surface area contributed by atoms with Gasteiger partial charge in [-0.25, -0.2) is 9.59 Å². The maximum absolute atomic E-state index is 13.9. The summed E-state index contributed by atoms with van der Waals surface area (Å²) < 4.78 is 33.0. The van der Waals surface area contributed by atoms with Crippen LogP contribution in [0.5, 0.6) is 11.5 Å². The van der Waals surface area contributed by atoms with E-state index in [1.165, 1.54) is 0 Å². The van der Waals surface area contributed by atoms with E-state index in [4.69, 9.17) is 34.8 Å². The van der Waals surface area contributed by atoms with Crippen molar-refractivity contribution in [2.75, 3.05) is 13.4 Å². The predicted molar refractivity (Wildman–Crippen MR) is 271 cm³/mol. The Labute approximate surface area is 427 Å². The van der Waals surface area contributed by atoms with Crippen LogP contribution < -0.4 is 9.47 Å². The number of hydrogen-bond acceptors (Lipinski definition) is 12. The summed E-state index contributed by atoms with van der Waals surface area (Å²) in [4.78, 5) is 76.2. The molecule has 12 nitrogen and oxygen atoms in total. The lowest BCUT2D eigenvalue weighted by molar-refractivity contribution is -0.169. The lowest BCUT2D eigenvalue weighted by Crippen LogP contribution is -2.37. The molecule has 3 aliphatic carbocycles. The van der Waals surface area contributed by atoms with Gasteiger partial charge in [-0.15, -0.1) is 6.42 Å². The van der Waals surface area contributed by atoms with Crippen LogP contribution in [0.2, 0.25) is 0 Å². The minimum atomic E-state index is -1.10. The molecule has 12 heteroatoms. The first-order valence-electron chi connectivity index (χ1n) is 25.1. The second kappa shape index (κ2) is 26.0. The van der Waals surface area contributed by atoms with Crippen molar-refractivity contribution in [1.29, 1.82) is 0 Å². The third-order valence-electron chi connectivity index (χ3n) is 13.8. The number of carbonyl (C=O) groups is 6. The number of ether oxygens (including phenoxy) is 6. The van der Waals surface area contributed by atoms with Gasteiger partial charge in [0.15, 0.2) is 5.60 Å². The van der Waals surface area contributed by atoms with Crippen molar-refractivity contribution in [3.05, 3.63) is 143 Å². The molecule has 0 atom stereocenters. The first-order valence-corrected chi connectivity index (χ1v) is 25.1. The molecule has 0 saturated heterocycles. The molecule has 0 unspecified atom stereocenters. The van der Waals surface area contributed by atoms with E-state index in [1.807, 2.05) is 67.6 Å². The van der Waals surface area contributed by atoms with Crippen molar-refractivity contribution in [3.63, 3.8) is 0 Å². The lowest BCUT2D eigenvalue weighted by atomic mass is 9.76. The van der Waals surface area contributed by atoms with E-state index in [0.717, 1.165) is 46.7 Å². The molecule has 73 heavy (non-hydrogen) atoms. The summed E-state index contributed by atoms with van der Waals surface area (Å²) in [7, 11) is 0. The first kappa shape index (κ1) is 52.9. The minimum absolute atomic E-state index is 0.123. The summed E-state index contributed by atoms with van der Waals surface area (Å²) in [6, 6.07) is 28.8. The normalized spacial score (nSPS) is 21.1. The van der Waals surface area contributed by atoms with Crippen molar-refractivity contribution in [2.24, 2.45) is 23.7 Å². The Morgan fingerprint density at radius 3 is 1.51 bits per heavy atom. The molecule has 376 valence electrons. The number of hydrogen-bond donors (Lipinski definition) is 0. The fourth-order valence-corrected chi connectivity index (χ4v) is 9.28. The number of benzene rings is 4. The molecular formula is C61H60O12. The van der Waals surface area contributed by atoms with E-state index in [-0.39, 0.29) is 53.1 Å². The predicted octanol–water partition coefficient (Wildman–Crippen LogP) is 10.4. The highest BCUT2D eigenvalue weighted by Gasteiger charge is 2.39. The monoisotopic (exact) mass is 984 g/mol. The molecule has 0 N–H and O–H groups in total. The van der Waals surface area contributed by atoms with Crippen LogP contribution in [0.3, 0.4) is 0 Å². The fourth-order valence-electron chi connectivity index (χ4n) is 9.28. The van der Waals surface area contributed by atoms with Gasteiger partial charge in [0.1, 0.15) is 11.5 Å². The molecule has 4 aromatic rings. The van der Waals surface area contributed by atoms with Crippen molar-refractivity contribution >= 4 is 35.8 Å². The molecule has 0 heterocycles. The van der Waals surface area contributed by atoms with Gasteiger partial charge in [0, 0.05) is 28.3 Å². The Morgan fingerprint density at radius 1 is 0.575 bits per heavy atom. The van der Waals surface area contributed by atoms with Crippen molar-refractivity contribution in [1.82, 2.24) is 0 Å². The Balaban J connectivity index is 0.963. The Hall–Kier alpha value is -7.88. The quantitative estimate of drug-likeness (QED) is 0.0211. The average molecular weight is 985 g/mol. The molecule has 4 aromatic carbocycles. The van der Waals surface area contributed by atoms with Gasteiger partial charge in [-0.3, -0.25) is 19.2 Å². The van der Waals surface area contributed by atoms with Crippen molar-refractivity contribution < 1.29 is 57.2 Å². The minimum Gasteiger partial charge on any atom is -0.465 e. The van der Waals surface area contributed by atoms with Gasteiger partial charge in [0.25, 0.3) is 0 Å². The zero-order chi connectivity index (χ0) is 51.6. The zero-order valence-electron chi connectivity index (χ0n) is 41.2. The number of unbranched alkanes of at least 4 members (excludes halogenated alkanes) is 1. The topological polar surface area (TPSA) is 158 Å². The van der Waals surface area contributed by atoms with Crippen LogP contribution in [-0.2, 0) is 42.9 Å². The molecule has 0 aliphatic heterocycles. The van der Waals surface area contributed by atoms with Gasteiger partial charge >= 0.3 is 35.8 Å². The highest BCUT2D eigenvalue weighted by molar-refractivity contribution is 5.90. The van der Waals surface area contributed by atoms with Crippen LogP contribution in [0.25, 0.3) is 0 Å². The van der Waals surface area contributed by atoms with Gasteiger partial charge in [-0.2, -0.15) is 0 Å². The molecule has 0 aromatic heterocycles. The largest absolute Gasteiger partial charge is 0.465 e. The maximum Gasteiger partial charge on any atom is 0.339 e. The second-order valence-electron chi connectivity index (χ2n) is 18.8. The molecular weight excluding hydrogens is 925 g/mol. The van der Waals surface area contributed by atoms with Crippen LogP contribution in [0.1, 0.15) is 141 Å². The highest BCUT2D eigenvalue weighted by atomic mass is 16.7. The highest BCUT2D eigenvalue weighted by Crippen LogP contribution is 2.41. The van der Waals surface area contributed by atoms with Gasteiger partial charge in [0.05, 0.1) is 35.8 Å². The van der Waals surface area contributed by atoms with E-state index >= 15 is 0 Å². The van der Waals surface area contributed by atoms with E-state index in [9.17, 15) is 28.8 Å². The summed E-state index contributed by atoms with van der Waals surface area (Å²) in [5.74, 6) is 12.5. The van der Waals surface area contributed by atoms with E-state index in [0.29, 0.717) is 95.2 Å². The second-order valence-corrected chi connectivity index (χ2v) is 18.8. The third kappa shape index (κ3) is 15.3. The van der Waals surface area contributed by atoms with Gasteiger partial charge in [0.2, 0.25) is 6.79 Å². The molecule has 3 saturated carbocycles. The Bertz CT molecular complexity index is 2750. The SMILES string of the molecule is C#Cc1ccc(C#Cc2ccc(C#CC3(OC(=O)c4ccc(OC(=O)C5CCC(C(=O)OCCCC)CC5)cc4)CCC(c4ccc(OC(=O)C5CCC(C(=O)OCOC(=O)C=C)CC5)cc4)CC3)cc2)cc1. The standard InChI is InChI=1S/C61H60O12/c1-4-7-40-68-56(63)48-18-22-50(23-19-48)59(66)72-54-32-28-52(29-33-54)60(67)73-61(37-34-45-16-14-44(15-17-45)13-12-43-10-8-42(5-2)9-11-43)38-35-47(36-39-61)46-26-30-53(31-27-46)71-58(65)51-24-20-49(21-25-51)57(64)70-41-69-55(62)6-3/h2,6,8-11,14-17,26-33,47-51H,3-4,7,18-25,35-36,38-41H2,1H3. The van der Waals surface area contributed by atoms with E-state index < -0.39 is 30.3 Å². The summed E-state index contributed by atoms with van der Waals surface area (Å²) in [5, 5.41) is 0.